The van der Waals surface area contributed by atoms with Crippen molar-refractivity contribution >= 4 is 17.6 Å². The van der Waals surface area contributed by atoms with Crippen molar-refractivity contribution in [3.8, 4) is 5.75 Å². The Hall–Kier alpha value is -2.54. The summed E-state index contributed by atoms with van der Waals surface area (Å²) in [5.41, 5.74) is 2.49. The number of amides is 3. The number of allylic oxidation sites excluding steroid dienone is 1. The SMILES string of the molecule is O=C(C[NH+]1CCN(c2ccc(O)cc2)CC1)NC(=O)NCCC1=CCCCC1. The smallest absolute Gasteiger partial charge is 0.321 e. The Balaban J connectivity index is 1.32. The van der Waals surface area contributed by atoms with Crippen molar-refractivity contribution < 1.29 is 19.6 Å². The van der Waals surface area contributed by atoms with E-state index in [0.717, 1.165) is 51.1 Å². The van der Waals surface area contributed by atoms with Gasteiger partial charge in [0, 0.05) is 12.2 Å². The number of imide groups is 1. The van der Waals surface area contributed by atoms with Crippen LogP contribution in [0.5, 0.6) is 5.75 Å². The molecule has 1 fully saturated rings. The van der Waals surface area contributed by atoms with Gasteiger partial charge in [-0.3, -0.25) is 10.1 Å². The number of hydrogen-bond acceptors (Lipinski definition) is 4. The number of urea groups is 1. The number of benzene rings is 1. The lowest BCUT2D eigenvalue weighted by Gasteiger charge is -2.33. The van der Waals surface area contributed by atoms with E-state index >= 15 is 0 Å². The summed E-state index contributed by atoms with van der Waals surface area (Å²) in [4.78, 5) is 27.4. The van der Waals surface area contributed by atoms with Gasteiger partial charge in [-0.15, -0.1) is 0 Å². The number of rotatable bonds is 6. The van der Waals surface area contributed by atoms with Crippen molar-refractivity contribution in [3.05, 3.63) is 35.9 Å². The van der Waals surface area contributed by atoms with Gasteiger partial charge in [-0.05, 0) is 56.4 Å². The molecule has 28 heavy (non-hydrogen) atoms. The molecule has 2 aliphatic rings. The normalized spacial score (nSPS) is 17.7. The fourth-order valence-corrected chi connectivity index (χ4v) is 3.83. The van der Waals surface area contributed by atoms with Crippen molar-refractivity contribution in [2.45, 2.75) is 32.1 Å². The number of aromatic hydroxyl groups is 1. The molecule has 1 aliphatic carbocycles. The van der Waals surface area contributed by atoms with Crippen LogP contribution in [0.1, 0.15) is 32.1 Å². The summed E-state index contributed by atoms with van der Waals surface area (Å²) in [5, 5.41) is 14.6. The van der Waals surface area contributed by atoms with Crippen molar-refractivity contribution in [3.63, 3.8) is 0 Å². The molecule has 7 heteroatoms. The average Bonchev–Trinajstić information content (AvgIpc) is 2.70. The van der Waals surface area contributed by atoms with Crippen LogP contribution in [0, 0.1) is 0 Å². The first-order valence-corrected chi connectivity index (χ1v) is 10.2. The number of phenols is 1. The van der Waals surface area contributed by atoms with Gasteiger partial charge in [-0.25, -0.2) is 4.79 Å². The Labute approximate surface area is 166 Å². The molecule has 0 unspecified atom stereocenters. The Bertz CT molecular complexity index is 694. The van der Waals surface area contributed by atoms with Crippen LogP contribution in [-0.4, -0.2) is 56.3 Å². The summed E-state index contributed by atoms with van der Waals surface area (Å²) in [6, 6.07) is 6.78. The number of nitrogens with zero attached hydrogens (tertiary/aromatic N) is 1. The van der Waals surface area contributed by atoms with Crippen molar-refractivity contribution in [1.29, 1.82) is 0 Å². The molecule has 1 aliphatic heterocycles. The molecule has 0 spiro atoms. The van der Waals surface area contributed by atoms with Crippen molar-refractivity contribution in [1.82, 2.24) is 10.6 Å². The minimum Gasteiger partial charge on any atom is -0.508 e. The third-order valence-corrected chi connectivity index (χ3v) is 5.47. The second-order valence-electron chi connectivity index (χ2n) is 7.59. The van der Waals surface area contributed by atoms with Gasteiger partial charge in [-0.2, -0.15) is 0 Å². The lowest BCUT2D eigenvalue weighted by molar-refractivity contribution is -0.892. The maximum absolute atomic E-state index is 12.1. The van der Waals surface area contributed by atoms with Crippen LogP contribution in [0.2, 0.25) is 0 Å². The van der Waals surface area contributed by atoms with E-state index in [-0.39, 0.29) is 11.7 Å². The number of carbonyl (C=O) groups excluding carboxylic acids is 2. The fourth-order valence-electron chi connectivity index (χ4n) is 3.83. The van der Waals surface area contributed by atoms with Gasteiger partial charge in [-0.1, -0.05) is 11.6 Å². The highest BCUT2D eigenvalue weighted by Crippen LogP contribution is 2.19. The topological polar surface area (TPSA) is 86.1 Å². The molecule has 1 saturated heterocycles. The van der Waals surface area contributed by atoms with Gasteiger partial charge in [0.25, 0.3) is 5.91 Å². The highest BCUT2D eigenvalue weighted by atomic mass is 16.3. The van der Waals surface area contributed by atoms with Crippen LogP contribution < -0.4 is 20.4 Å². The first kappa shape index (κ1) is 20.2. The lowest BCUT2D eigenvalue weighted by Crippen LogP contribution is -3.16. The van der Waals surface area contributed by atoms with Crippen LogP contribution in [0.25, 0.3) is 0 Å². The number of nitrogens with one attached hydrogen (secondary N) is 3. The van der Waals surface area contributed by atoms with E-state index in [2.05, 4.69) is 21.6 Å². The average molecular weight is 388 g/mol. The Morgan fingerprint density at radius 2 is 1.86 bits per heavy atom. The minimum absolute atomic E-state index is 0.234. The molecule has 0 saturated carbocycles. The zero-order chi connectivity index (χ0) is 19.8. The Kier molecular flexibility index (Phi) is 7.31. The van der Waals surface area contributed by atoms with E-state index in [0.29, 0.717) is 13.1 Å². The Morgan fingerprint density at radius 1 is 1.11 bits per heavy atom. The van der Waals surface area contributed by atoms with E-state index < -0.39 is 6.03 Å². The van der Waals surface area contributed by atoms with Crippen LogP contribution in [0.4, 0.5) is 10.5 Å². The molecular weight excluding hydrogens is 356 g/mol. The quantitative estimate of drug-likeness (QED) is 0.544. The molecule has 3 rings (SSSR count). The zero-order valence-electron chi connectivity index (χ0n) is 16.4. The van der Waals surface area contributed by atoms with E-state index in [1.54, 1.807) is 12.1 Å². The third-order valence-electron chi connectivity index (χ3n) is 5.47. The number of quaternary nitrogens is 1. The highest BCUT2D eigenvalue weighted by Gasteiger charge is 2.23. The van der Waals surface area contributed by atoms with Gasteiger partial charge in [0.15, 0.2) is 6.54 Å². The van der Waals surface area contributed by atoms with Crippen LogP contribution in [0.15, 0.2) is 35.9 Å². The van der Waals surface area contributed by atoms with Gasteiger partial charge >= 0.3 is 6.03 Å². The Morgan fingerprint density at radius 3 is 2.54 bits per heavy atom. The maximum atomic E-state index is 12.1. The second kappa shape index (κ2) is 10.1. The predicted molar refractivity (Wildman–Crippen MR) is 109 cm³/mol. The molecule has 0 bridgehead atoms. The molecule has 152 valence electrons. The third kappa shape index (κ3) is 6.27. The largest absolute Gasteiger partial charge is 0.508 e. The molecule has 0 aromatic heterocycles. The van der Waals surface area contributed by atoms with E-state index in [1.165, 1.54) is 23.3 Å². The van der Waals surface area contributed by atoms with Crippen molar-refractivity contribution in [2.75, 3.05) is 44.2 Å². The first-order chi connectivity index (χ1) is 13.6. The van der Waals surface area contributed by atoms with Crippen molar-refractivity contribution in [2.24, 2.45) is 0 Å². The van der Waals surface area contributed by atoms with E-state index in [9.17, 15) is 14.7 Å². The zero-order valence-corrected chi connectivity index (χ0v) is 16.4. The number of anilines is 1. The standard InChI is InChI=1S/C21H30N4O3/c26-19-8-6-18(7-9-19)25-14-12-24(13-15-25)16-20(27)23-21(28)22-11-10-17-4-2-1-3-5-17/h4,6-9,26H,1-3,5,10-16H2,(H2,22,23,27,28)/p+1. The molecule has 3 amide bonds. The van der Waals surface area contributed by atoms with Crippen LogP contribution in [0.3, 0.4) is 0 Å². The summed E-state index contributed by atoms with van der Waals surface area (Å²) in [6.45, 7) is 4.24. The molecule has 0 radical (unpaired) electrons. The lowest BCUT2D eigenvalue weighted by atomic mass is 9.97. The van der Waals surface area contributed by atoms with Crippen LogP contribution >= 0.6 is 0 Å². The van der Waals surface area contributed by atoms with E-state index in [4.69, 9.17) is 0 Å². The molecular formula is C21H31N4O3+. The summed E-state index contributed by atoms with van der Waals surface area (Å²) < 4.78 is 0. The summed E-state index contributed by atoms with van der Waals surface area (Å²) in [7, 11) is 0. The van der Waals surface area contributed by atoms with Gasteiger partial charge in [0.1, 0.15) is 5.75 Å². The number of carbonyl (C=O) groups is 2. The highest BCUT2D eigenvalue weighted by molar-refractivity contribution is 5.94. The monoisotopic (exact) mass is 387 g/mol. The fraction of sp³-hybridized carbons (Fsp3) is 0.524. The minimum atomic E-state index is -0.400. The first-order valence-electron chi connectivity index (χ1n) is 10.2. The number of hydrogen-bond donors (Lipinski definition) is 4. The summed E-state index contributed by atoms with van der Waals surface area (Å²) in [6.07, 6.45) is 7.91. The molecule has 1 heterocycles. The summed E-state index contributed by atoms with van der Waals surface area (Å²) in [5.74, 6) is 0.0286. The van der Waals surface area contributed by atoms with Gasteiger partial charge < -0.3 is 20.2 Å². The second-order valence-corrected chi connectivity index (χ2v) is 7.59. The number of phenolic OH excluding ortho intramolecular Hbond substituents is 1. The maximum Gasteiger partial charge on any atom is 0.321 e. The molecule has 7 nitrogen and oxygen atoms in total. The van der Waals surface area contributed by atoms with E-state index in [1.807, 2.05) is 12.1 Å². The van der Waals surface area contributed by atoms with Crippen LogP contribution in [-0.2, 0) is 4.79 Å². The van der Waals surface area contributed by atoms with Gasteiger partial charge in [0.05, 0.1) is 26.2 Å². The molecule has 4 N–H and O–H groups in total. The summed E-state index contributed by atoms with van der Waals surface area (Å²) >= 11 is 0. The number of piperazine rings is 1. The van der Waals surface area contributed by atoms with Gasteiger partial charge in [0.2, 0.25) is 0 Å². The predicted octanol–water partition coefficient (Wildman–Crippen LogP) is 0.813. The molecule has 1 aromatic carbocycles. The molecule has 1 aromatic rings. The molecule has 0 atom stereocenters.